The molecule has 1 aliphatic heterocycles. The van der Waals surface area contributed by atoms with Crippen LogP contribution in [0, 0.1) is 5.92 Å². The molecule has 18 heavy (non-hydrogen) atoms. The first-order chi connectivity index (χ1) is 8.55. The van der Waals surface area contributed by atoms with E-state index in [2.05, 4.69) is 0 Å². The number of aliphatic carboxylic acids is 1. The van der Waals surface area contributed by atoms with E-state index in [4.69, 9.17) is 0 Å². The van der Waals surface area contributed by atoms with E-state index in [0.717, 1.165) is 38.5 Å². The number of carbonyl (C=O) groups excluding carboxylic acids is 1. The average Bonchev–Trinajstić information content (AvgIpc) is 2.39. The molecule has 2 aliphatic rings. The van der Waals surface area contributed by atoms with Crippen molar-refractivity contribution in [3.8, 4) is 0 Å². The highest BCUT2D eigenvalue weighted by Crippen LogP contribution is 2.33. The maximum atomic E-state index is 12.5. The fourth-order valence-electron chi connectivity index (χ4n) is 3.27. The van der Waals surface area contributed by atoms with Gasteiger partial charge in [-0.05, 0) is 39.0 Å². The zero-order chi connectivity index (χ0) is 13.2. The van der Waals surface area contributed by atoms with Crippen molar-refractivity contribution in [2.75, 3.05) is 6.54 Å². The molecule has 0 aromatic heterocycles. The lowest BCUT2D eigenvalue weighted by Gasteiger charge is -2.43. The molecule has 102 valence electrons. The smallest absolute Gasteiger partial charge is 0.329 e. The zero-order valence-corrected chi connectivity index (χ0v) is 11.2. The maximum Gasteiger partial charge on any atom is 0.329 e. The summed E-state index contributed by atoms with van der Waals surface area (Å²) >= 11 is 0. The summed E-state index contributed by atoms with van der Waals surface area (Å²) in [6, 6.07) is 0. The highest BCUT2D eigenvalue weighted by Gasteiger charge is 2.45. The molecule has 0 bridgehead atoms. The van der Waals surface area contributed by atoms with E-state index < -0.39 is 11.5 Å². The largest absolute Gasteiger partial charge is 0.480 e. The summed E-state index contributed by atoms with van der Waals surface area (Å²) in [5.74, 6) is -0.707. The SMILES string of the molecule is CC1(C(=O)O)CCCCN1C(=O)C1CCCCC1. The highest BCUT2D eigenvalue weighted by molar-refractivity contribution is 5.88. The highest BCUT2D eigenvalue weighted by atomic mass is 16.4. The maximum absolute atomic E-state index is 12.5. The fourth-order valence-corrected chi connectivity index (χ4v) is 3.27. The minimum absolute atomic E-state index is 0.0653. The number of amides is 1. The summed E-state index contributed by atoms with van der Waals surface area (Å²) in [6.07, 6.45) is 7.71. The Labute approximate surface area is 108 Å². The molecule has 1 atom stereocenters. The van der Waals surface area contributed by atoms with Gasteiger partial charge in [0.2, 0.25) is 5.91 Å². The molecule has 1 amide bonds. The molecule has 2 rings (SSSR count). The second-order valence-electron chi connectivity index (χ2n) is 5.86. The normalized spacial score (nSPS) is 30.2. The van der Waals surface area contributed by atoms with Crippen LogP contribution < -0.4 is 0 Å². The Kier molecular flexibility index (Phi) is 3.93. The van der Waals surface area contributed by atoms with Crippen LogP contribution in [-0.4, -0.2) is 34.0 Å². The molecular weight excluding hydrogens is 230 g/mol. The number of rotatable bonds is 2. The first-order valence-electron chi connectivity index (χ1n) is 7.10. The molecule has 1 saturated heterocycles. The predicted octanol–water partition coefficient (Wildman–Crippen LogP) is 2.42. The third kappa shape index (κ3) is 2.38. The van der Waals surface area contributed by atoms with E-state index in [1.807, 2.05) is 0 Å². The van der Waals surface area contributed by atoms with Crippen LogP contribution in [0.5, 0.6) is 0 Å². The van der Waals surface area contributed by atoms with Crippen molar-refractivity contribution in [2.24, 2.45) is 5.92 Å². The standard InChI is InChI=1S/C14H23NO3/c1-14(13(17)18)9-5-6-10-15(14)12(16)11-7-3-2-4-8-11/h11H,2-10H2,1H3,(H,17,18). The topological polar surface area (TPSA) is 57.6 Å². The third-order valence-electron chi connectivity index (χ3n) is 4.57. The van der Waals surface area contributed by atoms with E-state index in [-0.39, 0.29) is 11.8 Å². The summed E-state index contributed by atoms with van der Waals surface area (Å²) in [6.45, 7) is 2.31. The number of piperidine rings is 1. The van der Waals surface area contributed by atoms with Crippen LogP contribution in [-0.2, 0) is 9.59 Å². The lowest BCUT2D eigenvalue weighted by Crippen LogP contribution is -2.58. The summed E-state index contributed by atoms with van der Waals surface area (Å²) in [5.41, 5.74) is -0.979. The number of carbonyl (C=O) groups is 2. The van der Waals surface area contributed by atoms with E-state index in [9.17, 15) is 14.7 Å². The predicted molar refractivity (Wildman–Crippen MR) is 68.2 cm³/mol. The molecule has 0 aromatic carbocycles. The van der Waals surface area contributed by atoms with Crippen molar-refractivity contribution in [1.82, 2.24) is 4.90 Å². The van der Waals surface area contributed by atoms with Crippen molar-refractivity contribution in [3.63, 3.8) is 0 Å². The summed E-state index contributed by atoms with van der Waals surface area (Å²) < 4.78 is 0. The lowest BCUT2D eigenvalue weighted by molar-refractivity contribution is -0.163. The molecule has 0 spiro atoms. The van der Waals surface area contributed by atoms with Crippen LogP contribution in [0.25, 0.3) is 0 Å². The minimum Gasteiger partial charge on any atom is -0.480 e. The van der Waals surface area contributed by atoms with E-state index in [1.165, 1.54) is 6.42 Å². The van der Waals surface area contributed by atoms with Crippen LogP contribution in [0.4, 0.5) is 0 Å². The van der Waals surface area contributed by atoms with Gasteiger partial charge in [0.05, 0.1) is 0 Å². The first-order valence-corrected chi connectivity index (χ1v) is 7.10. The molecular formula is C14H23NO3. The Balaban J connectivity index is 2.13. The molecule has 1 aliphatic carbocycles. The van der Waals surface area contributed by atoms with Crippen LogP contribution in [0.1, 0.15) is 58.3 Å². The molecule has 4 nitrogen and oxygen atoms in total. The monoisotopic (exact) mass is 253 g/mol. The first kappa shape index (κ1) is 13.4. The number of carboxylic acid groups (broad SMARTS) is 1. The zero-order valence-electron chi connectivity index (χ0n) is 11.2. The van der Waals surface area contributed by atoms with Crippen molar-refractivity contribution < 1.29 is 14.7 Å². The summed E-state index contributed by atoms with van der Waals surface area (Å²) in [5, 5.41) is 9.42. The van der Waals surface area contributed by atoms with Crippen LogP contribution in [0.15, 0.2) is 0 Å². The van der Waals surface area contributed by atoms with Gasteiger partial charge in [-0.3, -0.25) is 4.79 Å². The molecule has 1 heterocycles. The van der Waals surface area contributed by atoms with Gasteiger partial charge in [0, 0.05) is 12.5 Å². The van der Waals surface area contributed by atoms with Gasteiger partial charge in [-0.2, -0.15) is 0 Å². The van der Waals surface area contributed by atoms with Crippen molar-refractivity contribution in [1.29, 1.82) is 0 Å². The van der Waals surface area contributed by atoms with Gasteiger partial charge in [0.15, 0.2) is 0 Å². The summed E-state index contributed by atoms with van der Waals surface area (Å²) in [4.78, 5) is 25.7. The Morgan fingerprint density at radius 3 is 2.39 bits per heavy atom. The molecule has 1 N–H and O–H groups in total. The van der Waals surface area contributed by atoms with E-state index >= 15 is 0 Å². The van der Waals surface area contributed by atoms with Gasteiger partial charge >= 0.3 is 5.97 Å². The molecule has 2 fully saturated rings. The van der Waals surface area contributed by atoms with Gasteiger partial charge in [-0.1, -0.05) is 19.3 Å². The Morgan fingerprint density at radius 2 is 1.78 bits per heavy atom. The lowest BCUT2D eigenvalue weighted by atomic mass is 9.83. The van der Waals surface area contributed by atoms with Crippen LogP contribution in [0.3, 0.4) is 0 Å². The number of likely N-dealkylation sites (tertiary alicyclic amines) is 1. The van der Waals surface area contributed by atoms with Crippen molar-refractivity contribution in [2.45, 2.75) is 63.8 Å². The minimum atomic E-state index is -0.979. The molecule has 0 radical (unpaired) electrons. The fraction of sp³-hybridized carbons (Fsp3) is 0.857. The molecule has 1 saturated carbocycles. The second kappa shape index (κ2) is 5.29. The van der Waals surface area contributed by atoms with Gasteiger partial charge in [-0.15, -0.1) is 0 Å². The van der Waals surface area contributed by atoms with Gasteiger partial charge < -0.3 is 10.0 Å². The molecule has 4 heteroatoms. The Hall–Kier alpha value is -1.06. The number of carboxylic acids is 1. The average molecular weight is 253 g/mol. The summed E-state index contributed by atoms with van der Waals surface area (Å²) in [7, 11) is 0. The van der Waals surface area contributed by atoms with E-state index in [0.29, 0.717) is 13.0 Å². The quantitative estimate of drug-likeness (QED) is 0.822. The number of hydrogen-bond donors (Lipinski definition) is 1. The molecule has 0 aromatic rings. The number of nitrogens with zero attached hydrogens (tertiary/aromatic N) is 1. The third-order valence-corrected chi connectivity index (χ3v) is 4.57. The van der Waals surface area contributed by atoms with E-state index in [1.54, 1.807) is 11.8 Å². The van der Waals surface area contributed by atoms with Gasteiger partial charge in [0.25, 0.3) is 0 Å². The number of hydrogen-bond acceptors (Lipinski definition) is 2. The van der Waals surface area contributed by atoms with Crippen LogP contribution >= 0.6 is 0 Å². The van der Waals surface area contributed by atoms with Crippen LogP contribution in [0.2, 0.25) is 0 Å². The Morgan fingerprint density at radius 1 is 1.11 bits per heavy atom. The van der Waals surface area contributed by atoms with Gasteiger partial charge in [0.1, 0.15) is 5.54 Å². The van der Waals surface area contributed by atoms with Gasteiger partial charge in [-0.25, -0.2) is 4.79 Å². The van der Waals surface area contributed by atoms with Crippen molar-refractivity contribution >= 4 is 11.9 Å². The second-order valence-corrected chi connectivity index (χ2v) is 5.86. The Bertz CT molecular complexity index is 336. The van der Waals surface area contributed by atoms with Crippen molar-refractivity contribution in [3.05, 3.63) is 0 Å². The molecule has 1 unspecified atom stereocenters.